The summed E-state index contributed by atoms with van der Waals surface area (Å²) in [5.74, 6) is -2.47. The van der Waals surface area contributed by atoms with Crippen LogP contribution in [-0.4, -0.2) is 64.8 Å². The summed E-state index contributed by atoms with van der Waals surface area (Å²) in [6, 6.07) is 13.9. The zero-order chi connectivity index (χ0) is 32.4. The highest BCUT2D eigenvalue weighted by atomic mass is 16.4. The SMILES string of the molecule is C=C(C)N.CCCC(NC(=O)NC(Cc1ccccc1)C(=O)O)C(=O)NC(C(=O)NC(CO)Cc1ccccc1)C(C)C. The zero-order valence-electron chi connectivity index (χ0n) is 25.5. The first-order valence-corrected chi connectivity index (χ1v) is 14.4. The molecular weight excluding hydrogens is 550 g/mol. The maximum absolute atomic E-state index is 13.1. The van der Waals surface area contributed by atoms with Gasteiger partial charge in [0.1, 0.15) is 18.1 Å². The van der Waals surface area contributed by atoms with Gasteiger partial charge < -0.3 is 37.2 Å². The van der Waals surface area contributed by atoms with Crippen molar-refractivity contribution in [3.8, 4) is 0 Å². The van der Waals surface area contributed by atoms with Crippen LogP contribution in [0.25, 0.3) is 0 Å². The zero-order valence-corrected chi connectivity index (χ0v) is 25.5. The van der Waals surface area contributed by atoms with Gasteiger partial charge in [-0.2, -0.15) is 0 Å². The Morgan fingerprint density at radius 3 is 1.74 bits per heavy atom. The highest BCUT2D eigenvalue weighted by Gasteiger charge is 2.30. The fraction of sp³-hybridized carbons (Fsp3) is 0.438. The lowest BCUT2D eigenvalue weighted by molar-refractivity contribution is -0.139. The van der Waals surface area contributed by atoms with Gasteiger partial charge in [-0.1, -0.05) is 94.4 Å². The number of aliphatic hydroxyl groups excluding tert-OH is 1. The fourth-order valence-corrected chi connectivity index (χ4v) is 4.11. The Kier molecular flexibility index (Phi) is 16.8. The lowest BCUT2D eigenvalue weighted by Crippen LogP contribution is -2.58. The van der Waals surface area contributed by atoms with Gasteiger partial charge in [-0.25, -0.2) is 9.59 Å². The number of allylic oxidation sites excluding steroid dienone is 1. The monoisotopic (exact) mass is 597 g/mol. The molecule has 236 valence electrons. The number of amides is 4. The highest BCUT2D eigenvalue weighted by Crippen LogP contribution is 2.08. The first kappa shape index (κ1) is 36.6. The molecule has 0 aliphatic carbocycles. The Morgan fingerprint density at radius 1 is 0.814 bits per heavy atom. The average molecular weight is 598 g/mol. The van der Waals surface area contributed by atoms with Crippen LogP contribution in [0.1, 0.15) is 51.7 Å². The number of carboxylic acid groups (broad SMARTS) is 1. The number of nitrogens with two attached hydrogens (primary N) is 1. The topological polar surface area (TPSA) is 183 Å². The number of aliphatic carboxylic acids is 1. The van der Waals surface area contributed by atoms with Gasteiger partial charge >= 0.3 is 12.0 Å². The molecule has 4 unspecified atom stereocenters. The fourth-order valence-electron chi connectivity index (χ4n) is 4.11. The minimum Gasteiger partial charge on any atom is -0.480 e. The van der Waals surface area contributed by atoms with Crippen molar-refractivity contribution in [1.82, 2.24) is 21.3 Å². The van der Waals surface area contributed by atoms with Crippen LogP contribution in [0.2, 0.25) is 0 Å². The number of carbonyl (C=O) groups is 4. The number of rotatable bonds is 15. The predicted molar refractivity (Wildman–Crippen MR) is 167 cm³/mol. The van der Waals surface area contributed by atoms with Crippen molar-refractivity contribution < 1.29 is 29.4 Å². The Balaban J connectivity index is 0.00000217. The number of benzene rings is 2. The smallest absolute Gasteiger partial charge is 0.326 e. The van der Waals surface area contributed by atoms with Gasteiger partial charge in [0.25, 0.3) is 0 Å². The van der Waals surface area contributed by atoms with Crippen LogP contribution < -0.4 is 27.0 Å². The maximum atomic E-state index is 13.1. The number of aliphatic hydroxyl groups is 1. The van der Waals surface area contributed by atoms with E-state index in [2.05, 4.69) is 27.8 Å². The van der Waals surface area contributed by atoms with Gasteiger partial charge in [-0.05, 0) is 42.5 Å². The molecule has 0 saturated carbocycles. The second-order valence-electron chi connectivity index (χ2n) is 10.7. The first-order valence-electron chi connectivity index (χ1n) is 14.4. The van der Waals surface area contributed by atoms with Gasteiger partial charge in [-0.15, -0.1) is 0 Å². The molecule has 4 amide bonds. The van der Waals surface area contributed by atoms with Crippen molar-refractivity contribution >= 4 is 23.8 Å². The average Bonchev–Trinajstić information content (AvgIpc) is 2.95. The summed E-state index contributed by atoms with van der Waals surface area (Å²) < 4.78 is 0. The Hall–Kier alpha value is -4.38. The molecule has 0 fully saturated rings. The van der Waals surface area contributed by atoms with E-state index in [1.807, 2.05) is 43.3 Å². The second-order valence-corrected chi connectivity index (χ2v) is 10.7. The molecule has 2 rings (SSSR count). The van der Waals surface area contributed by atoms with E-state index >= 15 is 0 Å². The van der Waals surface area contributed by atoms with Gasteiger partial charge in [-0.3, -0.25) is 9.59 Å². The summed E-state index contributed by atoms with van der Waals surface area (Å²) >= 11 is 0. The summed E-state index contributed by atoms with van der Waals surface area (Å²) in [5, 5.41) is 29.9. The number of hydrogen-bond donors (Lipinski definition) is 7. The van der Waals surface area contributed by atoms with Crippen molar-refractivity contribution in [2.24, 2.45) is 11.7 Å². The molecule has 11 nitrogen and oxygen atoms in total. The largest absolute Gasteiger partial charge is 0.480 e. The second kappa shape index (κ2) is 19.7. The molecule has 0 spiro atoms. The molecule has 0 saturated heterocycles. The van der Waals surface area contributed by atoms with Crippen molar-refractivity contribution in [3.63, 3.8) is 0 Å². The molecule has 0 bridgehead atoms. The third-order valence-electron chi connectivity index (χ3n) is 6.22. The minimum atomic E-state index is -1.20. The van der Waals surface area contributed by atoms with Gasteiger partial charge in [0.2, 0.25) is 11.8 Å². The molecule has 4 atom stereocenters. The van der Waals surface area contributed by atoms with Crippen LogP contribution in [0, 0.1) is 5.92 Å². The molecular formula is C32H47N5O6. The van der Waals surface area contributed by atoms with E-state index in [0.29, 0.717) is 18.5 Å². The van der Waals surface area contributed by atoms with Gasteiger partial charge in [0.05, 0.1) is 12.6 Å². The van der Waals surface area contributed by atoms with Crippen LogP contribution in [0.3, 0.4) is 0 Å². The van der Waals surface area contributed by atoms with Crippen molar-refractivity contribution in [3.05, 3.63) is 84.1 Å². The molecule has 0 heterocycles. The van der Waals surface area contributed by atoms with Crippen LogP contribution in [0.5, 0.6) is 0 Å². The lowest BCUT2D eigenvalue weighted by atomic mass is 10.0. The van der Waals surface area contributed by atoms with E-state index in [-0.39, 0.29) is 25.4 Å². The van der Waals surface area contributed by atoms with Crippen LogP contribution in [0.4, 0.5) is 4.79 Å². The van der Waals surface area contributed by atoms with Crippen LogP contribution in [0.15, 0.2) is 72.9 Å². The van der Waals surface area contributed by atoms with Crippen molar-refractivity contribution in [2.45, 2.75) is 77.5 Å². The summed E-state index contributed by atoms with van der Waals surface area (Å²) in [7, 11) is 0. The number of nitrogens with one attached hydrogen (secondary N) is 4. The molecule has 2 aromatic rings. The molecule has 0 aromatic heterocycles. The van der Waals surface area contributed by atoms with E-state index in [1.54, 1.807) is 45.0 Å². The van der Waals surface area contributed by atoms with Crippen LogP contribution in [-0.2, 0) is 27.2 Å². The van der Waals surface area contributed by atoms with Gasteiger partial charge in [0.15, 0.2) is 0 Å². The van der Waals surface area contributed by atoms with Crippen molar-refractivity contribution in [1.29, 1.82) is 0 Å². The maximum Gasteiger partial charge on any atom is 0.326 e. The first-order chi connectivity index (χ1) is 20.4. The van der Waals surface area contributed by atoms with E-state index in [1.165, 1.54) is 0 Å². The number of carboxylic acids is 1. The predicted octanol–water partition coefficient (Wildman–Crippen LogP) is 2.49. The molecule has 2 aromatic carbocycles. The Morgan fingerprint density at radius 2 is 1.30 bits per heavy atom. The number of hydrogen-bond acceptors (Lipinski definition) is 6. The van der Waals surface area contributed by atoms with Crippen LogP contribution >= 0.6 is 0 Å². The quantitative estimate of drug-likeness (QED) is 0.165. The lowest BCUT2D eigenvalue weighted by Gasteiger charge is -2.27. The third kappa shape index (κ3) is 14.9. The molecule has 0 aliphatic rings. The Bertz CT molecular complexity index is 1160. The molecule has 11 heteroatoms. The number of urea groups is 1. The van der Waals surface area contributed by atoms with Gasteiger partial charge in [0, 0.05) is 6.42 Å². The standard InChI is InChI=1S/C29H40N4O6.C3H7N/c1-4-11-23(31-29(39)32-24(28(37)38)17-21-14-9-6-10-15-21)26(35)33-25(19(2)3)27(36)30-22(18-34)16-20-12-7-5-8-13-20;1-3(2)4/h5-10,12-15,19,22-25,34H,4,11,16-18H2,1-3H3,(H,30,36)(H,33,35)(H,37,38)(H2,31,32,39);1,4H2,2H3. The summed E-state index contributed by atoms with van der Waals surface area (Å²) in [5.41, 5.74) is 7.28. The molecule has 8 N–H and O–H groups in total. The van der Waals surface area contributed by atoms with Crippen molar-refractivity contribution in [2.75, 3.05) is 6.61 Å². The minimum absolute atomic E-state index is 0.0822. The summed E-state index contributed by atoms with van der Waals surface area (Å²) in [4.78, 5) is 50.6. The van der Waals surface area contributed by atoms with E-state index in [4.69, 9.17) is 5.73 Å². The molecule has 0 aliphatic heterocycles. The number of carbonyl (C=O) groups excluding carboxylic acids is 3. The van der Waals surface area contributed by atoms with E-state index in [9.17, 15) is 29.4 Å². The summed E-state index contributed by atoms with van der Waals surface area (Å²) in [6.45, 7) is 10.2. The molecule has 43 heavy (non-hydrogen) atoms. The summed E-state index contributed by atoms with van der Waals surface area (Å²) in [6.07, 6.45) is 1.36. The normalized spacial score (nSPS) is 13.3. The third-order valence-corrected chi connectivity index (χ3v) is 6.22. The van der Waals surface area contributed by atoms with E-state index in [0.717, 1.165) is 11.1 Å². The highest BCUT2D eigenvalue weighted by molar-refractivity contribution is 5.92. The Labute approximate surface area is 254 Å². The molecule has 0 radical (unpaired) electrons. The van der Waals surface area contributed by atoms with E-state index < -0.39 is 48.0 Å².